The van der Waals surface area contributed by atoms with Gasteiger partial charge in [-0.25, -0.2) is 0 Å². The van der Waals surface area contributed by atoms with Gasteiger partial charge < -0.3 is 5.32 Å². The van der Waals surface area contributed by atoms with Crippen molar-refractivity contribution in [3.05, 3.63) is 63.0 Å². The zero-order valence-corrected chi connectivity index (χ0v) is 11.0. The molecule has 98 valence electrons. The van der Waals surface area contributed by atoms with Crippen LogP contribution in [0, 0.1) is 10.1 Å². The maximum Gasteiger partial charge on any atom is 0.324 e. The Labute approximate surface area is 114 Å². The van der Waals surface area contributed by atoms with Crippen LogP contribution < -0.4 is 5.32 Å². The van der Waals surface area contributed by atoms with E-state index in [1.165, 1.54) is 11.4 Å². The van der Waals surface area contributed by atoms with Gasteiger partial charge in [0.2, 0.25) is 0 Å². The number of thiophene rings is 1. The van der Waals surface area contributed by atoms with E-state index in [0.29, 0.717) is 5.56 Å². The number of nitrogens with one attached hydrogen (secondary N) is 1. The Kier molecular flexibility index (Phi) is 3.91. The first-order valence-electron chi connectivity index (χ1n) is 5.66. The predicted octanol–water partition coefficient (Wildman–Crippen LogP) is 3.15. The number of hydrogen-bond acceptors (Lipinski definition) is 4. The number of rotatable bonds is 4. The summed E-state index contributed by atoms with van der Waals surface area (Å²) in [6.07, 6.45) is 0. The first-order valence-corrected chi connectivity index (χ1v) is 6.54. The quantitative estimate of drug-likeness (QED) is 0.688. The minimum Gasteiger partial charge on any atom is -0.345 e. The summed E-state index contributed by atoms with van der Waals surface area (Å²) < 4.78 is 0. The monoisotopic (exact) mass is 276 g/mol. The molecule has 0 aliphatic heterocycles. The minimum absolute atomic E-state index is 0.0301. The van der Waals surface area contributed by atoms with Crippen LogP contribution in [0.1, 0.15) is 28.9 Å². The second-order valence-corrected chi connectivity index (χ2v) is 4.93. The topological polar surface area (TPSA) is 72.2 Å². The number of carbonyl (C=O) groups excluding carboxylic acids is 1. The van der Waals surface area contributed by atoms with Crippen LogP contribution in [0.25, 0.3) is 0 Å². The highest BCUT2D eigenvalue weighted by atomic mass is 32.1. The Morgan fingerprint density at radius 2 is 2.05 bits per heavy atom. The second kappa shape index (κ2) is 5.62. The van der Waals surface area contributed by atoms with E-state index in [1.807, 2.05) is 37.3 Å². The van der Waals surface area contributed by atoms with Gasteiger partial charge in [-0.05, 0) is 12.5 Å². The lowest BCUT2D eigenvalue weighted by molar-refractivity contribution is -0.380. The molecule has 1 N–H and O–H groups in total. The lowest BCUT2D eigenvalue weighted by Gasteiger charge is -2.13. The molecule has 0 radical (unpaired) electrons. The molecule has 1 aromatic heterocycles. The molecule has 0 aliphatic carbocycles. The molecule has 0 spiro atoms. The molecule has 0 saturated carbocycles. The predicted molar refractivity (Wildman–Crippen MR) is 73.3 cm³/mol. The molecule has 1 unspecified atom stereocenters. The fraction of sp³-hybridized carbons (Fsp3) is 0.154. The summed E-state index contributed by atoms with van der Waals surface area (Å²) in [6.45, 7) is 1.87. The third-order valence-corrected chi connectivity index (χ3v) is 3.56. The summed E-state index contributed by atoms with van der Waals surface area (Å²) in [5.41, 5.74) is 1.31. The van der Waals surface area contributed by atoms with Gasteiger partial charge in [0.1, 0.15) is 0 Å². The molecule has 0 bridgehead atoms. The fourth-order valence-electron chi connectivity index (χ4n) is 1.64. The first kappa shape index (κ1) is 13.2. The van der Waals surface area contributed by atoms with Crippen LogP contribution in [0.3, 0.4) is 0 Å². The third kappa shape index (κ3) is 3.17. The van der Waals surface area contributed by atoms with E-state index in [0.717, 1.165) is 16.9 Å². The standard InChI is InChI=1S/C13H12N2O3S/c1-9(10-5-3-2-4-6-10)14-13(16)11-7-12(15(17)18)19-8-11/h2-9H,1H3,(H,14,16). The van der Waals surface area contributed by atoms with Crippen LogP contribution >= 0.6 is 11.3 Å². The van der Waals surface area contributed by atoms with Crippen LogP contribution in [0.4, 0.5) is 5.00 Å². The van der Waals surface area contributed by atoms with Gasteiger partial charge in [0.15, 0.2) is 0 Å². The third-order valence-electron chi connectivity index (χ3n) is 2.67. The Hall–Kier alpha value is -2.21. The summed E-state index contributed by atoms with van der Waals surface area (Å²) in [5, 5.41) is 14.8. The van der Waals surface area contributed by atoms with Crippen molar-refractivity contribution in [3.63, 3.8) is 0 Å². The first-order chi connectivity index (χ1) is 9.08. The molecule has 5 nitrogen and oxygen atoms in total. The van der Waals surface area contributed by atoms with E-state index >= 15 is 0 Å². The maximum absolute atomic E-state index is 11.9. The highest BCUT2D eigenvalue weighted by molar-refractivity contribution is 7.13. The van der Waals surface area contributed by atoms with Crippen LogP contribution in [0.2, 0.25) is 0 Å². The molecule has 1 atom stereocenters. The van der Waals surface area contributed by atoms with Crippen molar-refractivity contribution in [1.29, 1.82) is 0 Å². The van der Waals surface area contributed by atoms with E-state index in [1.54, 1.807) is 0 Å². The van der Waals surface area contributed by atoms with E-state index in [-0.39, 0.29) is 17.0 Å². The Bertz CT molecular complexity index is 595. The van der Waals surface area contributed by atoms with Crippen LogP contribution in [0.5, 0.6) is 0 Å². The van der Waals surface area contributed by atoms with E-state index in [4.69, 9.17) is 0 Å². The summed E-state index contributed by atoms with van der Waals surface area (Å²) in [6, 6.07) is 10.7. The molecule has 6 heteroatoms. The molecule has 0 aliphatic rings. The van der Waals surface area contributed by atoms with Crippen molar-refractivity contribution >= 4 is 22.2 Å². The zero-order valence-electron chi connectivity index (χ0n) is 10.2. The number of amides is 1. The number of nitrogens with zero attached hydrogens (tertiary/aromatic N) is 1. The fourth-order valence-corrected chi connectivity index (χ4v) is 2.35. The van der Waals surface area contributed by atoms with Crippen LogP contribution in [0.15, 0.2) is 41.8 Å². The van der Waals surface area contributed by atoms with E-state index < -0.39 is 4.92 Å². The number of nitro groups is 1. The van der Waals surface area contributed by atoms with E-state index in [2.05, 4.69) is 5.32 Å². The van der Waals surface area contributed by atoms with Crippen LogP contribution in [-0.2, 0) is 0 Å². The Balaban J connectivity index is 2.06. The molecule has 0 fully saturated rings. The van der Waals surface area contributed by atoms with Crippen molar-refractivity contribution in [1.82, 2.24) is 5.32 Å². The highest BCUT2D eigenvalue weighted by Gasteiger charge is 2.16. The van der Waals surface area contributed by atoms with Gasteiger partial charge in [0.05, 0.1) is 16.5 Å². The van der Waals surface area contributed by atoms with Gasteiger partial charge in [-0.3, -0.25) is 14.9 Å². The van der Waals surface area contributed by atoms with Crippen LogP contribution in [-0.4, -0.2) is 10.8 Å². The van der Waals surface area contributed by atoms with Crippen molar-refractivity contribution < 1.29 is 9.72 Å². The average molecular weight is 276 g/mol. The van der Waals surface area contributed by atoms with Crippen molar-refractivity contribution in [2.24, 2.45) is 0 Å². The minimum atomic E-state index is -0.498. The average Bonchev–Trinajstić information content (AvgIpc) is 2.89. The smallest absolute Gasteiger partial charge is 0.324 e. The molecular weight excluding hydrogens is 264 g/mol. The van der Waals surface area contributed by atoms with E-state index in [9.17, 15) is 14.9 Å². The second-order valence-electron chi connectivity index (χ2n) is 4.04. The molecule has 1 aromatic carbocycles. The molecule has 19 heavy (non-hydrogen) atoms. The number of benzene rings is 1. The van der Waals surface area contributed by atoms with Gasteiger partial charge in [-0.1, -0.05) is 41.7 Å². The number of hydrogen-bond donors (Lipinski definition) is 1. The van der Waals surface area contributed by atoms with Gasteiger partial charge in [0.25, 0.3) is 5.91 Å². The Morgan fingerprint density at radius 1 is 1.37 bits per heavy atom. The molecule has 0 saturated heterocycles. The van der Waals surface area contributed by atoms with Crippen molar-refractivity contribution in [2.75, 3.05) is 0 Å². The zero-order chi connectivity index (χ0) is 13.8. The van der Waals surface area contributed by atoms with Crippen molar-refractivity contribution in [2.45, 2.75) is 13.0 Å². The summed E-state index contributed by atoms with van der Waals surface area (Å²) in [5.74, 6) is -0.305. The summed E-state index contributed by atoms with van der Waals surface area (Å²) >= 11 is 0.949. The van der Waals surface area contributed by atoms with Gasteiger partial charge in [0, 0.05) is 11.4 Å². The van der Waals surface area contributed by atoms with Gasteiger partial charge >= 0.3 is 5.00 Å². The molecule has 1 amide bonds. The maximum atomic E-state index is 11.9. The largest absolute Gasteiger partial charge is 0.345 e. The normalized spacial score (nSPS) is 11.8. The molecular formula is C13H12N2O3S. The number of carbonyl (C=O) groups is 1. The SMILES string of the molecule is CC(NC(=O)c1csc([N+](=O)[O-])c1)c1ccccc1. The Morgan fingerprint density at radius 3 is 2.63 bits per heavy atom. The van der Waals surface area contributed by atoms with Crippen molar-refractivity contribution in [3.8, 4) is 0 Å². The summed E-state index contributed by atoms with van der Waals surface area (Å²) in [4.78, 5) is 22.0. The highest BCUT2D eigenvalue weighted by Crippen LogP contribution is 2.23. The summed E-state index contributed by atoms with van der Waals surface area (Å²) in [7, 11) is 0. The lowest BCUT2D eigenvalue weighted by Crippen LogP contribution is -2.26. The molecule has 1 heterocycles. The molecule has 2 aromatic rings. The lowest BCUT2D eigenvalue weighted by atomic mass is 10.1. The van der Waals surface area contributed by atoms with Gasteiger partial charge in [-0.15, -0.1) is 0 Å². The van der Waals surface area contributed by atoms with Gasteiger partial charge in [-0.2, -0.15) is 0 Å². The molecule has 2 rings (SSSR count).